The molecule has 124 valence electrons. The predicted molar refractivity (Wildman–Crippen MR) is 83.6 cm³/mol. The minimum absolute atomic E-state index is 0.0321. The van der Waals surface area contributed by atoms with E-state index in [1.807, 2.05) is 6.92 Å². The van der Waals surface area contributed by atoms with Gasteiger partial charge in [0.25, 0.3) is 0 Å². The summed E-state index contributed by atoms with van der Waals surface area (Å²) in [6.45, 7) is 1.83. The Kier molecular flexibility index (Phi) is 6.19. The summed E-state index contributed by atoms with van der Waals surface area (Å²) in [5.74, 6) is -0.166. The molecule has 0 aliphatic heterocycles. The van der Waals surface area contributed by atoms with Crippen molar-refractivity contribution in [1.82, 2.24) is 4.31 Å². The number of sulfonamides is 1. The Balaban J connectivity index is 3.23. The van der Waals surface area contributed by atoms with E-state index < -0.39 is 22.0 Å². The molecule has 22 heavy (non-hydrogen) atoms. The van der Waals surface area contributed by atoms with Crippen LogP contribution in [0.25, 0.3) is 0 Å². The monoisotopic (exact) mass is 330 g/mol. The number of esters is 1. The molecule has 0 spiro atoms. The third kappa shape index (κ3) is 3.89. The van der Waals surface area contributed by atoms with Gasteiger partial charge in [-0.05, 0) is 24.6 Å². The Morgan fingerprint density at radius 2 is 1.95 bits per heavy atom. The van der Waals surface area contributed by atoms with Gasteiger partial charge in [-0.3, -0.25) is 0 Å². The highest BCUT2D eigenvalue weighted by Crippen LogP contribution is 2.29. The Labute approximate surface area is 131 Å². The molecule has 0 heterocycles. The molecule has 0 amide bonds. The molecule has 0 aliphatic rings. The van der Waals surface area contributed by atoms with Crippen molar-refractivity contribution in [3.8, 4) is 5.75 Å². The number of methoxy groups -OCH3 is 2. The van der Waals surface area contributed by atoms with Gasteiger partial charge >= 0.3 is 5.97 Å². The van der Waals surface area contributed by atoms with Crippen molar-refractivity contribution in [3.05, 3.63) is 18.2 Å². The molecule has 1 aromatic carbocycles. The number of hydrogen-bond acceptors (Lipinski definition) is 6. The molecule has 0 radical (unpaired) electrons. The van der Waals surface area contributed by atoms with Crippen LogP contribution in [0.4, 0.5) is 5.69 Å². The van der Waals surface area contributed by atoms with E-state index in [1.165, 1.54) is 34.4 Å². The Morgan fingerprint density at radius 1 is 1.32 bits per heavy atom. The number of ether oxygens (including phenoxy) is 2. The van der Waals surface area contributed by atoms with E-state index in [9.17, 15) is 13.2 Å². The van der Waals surface area contributed by atoms with E-state index in [0.29, 0.717) is 12.1 Å². The van der Waals surface area contributed by atoms with Crippen molar-refractivity contribution in [2.75, 3.05) is 33.6 Å². The number of carbonyl (C=O) groups is 1. The average molecular weight is 330 g/mol. The van der Waals surface area contributed by atoms with E-state index in [0.717, 1.165) is 4.31 Å². The summed E-state index contributed by atoms with van der Waals surface area (Å²) in [5.41, 5.74) is 0.499. The zero-order valence-electron chi connectivity index (χ0n) is 13.4. The summed E-state index contributed by atoms with van der Waals surface area (Å²) >= 11 is 0. The second kappa shape index (κ2) is 7.46. The van der Waals surface area contributed by atoms with Crippen molar-refractivity contribution in [1.29, 1.82) is 0 Å². The number of rotatable bonds is 7. The van der Waals surface area contributed by atoms with Crippen LogP contribution in [0.3, 0.4) is 0 Å². The minimum Gasteiger partial charge on any atom is -0.495 e. The summed E-state index contributed by atoms with van der Waals surface area (Å²) in [6, 6.07) is 4.09. The van der Waals surface area contributed by atoms with Crippen molar-refractivity contribution < 1.29 is 22.7 Å². The van der Waals surface area contributed by atoms with Crippen LogP contribution >= 0.6 is 0 Å². The van der Waals surface area contributed by atoms with Gasteiger partial charge in [0, 0.05) is 19.8 Å². The fourth-order valence-electron chi connectivity index (χ4n) is 1.84. The lowest BCUT2D eigenvalue weighted by atomic mass is 10.2. The predicted octanol–water partition coefficient (Wildman–Crippen LogP) is 1.31. The Morgan fingerprint density at radius 3 is 2.41 bits per heavy atom. The van der Waals surface area contributed by atoms with Crippen LogP contribution in [0.1, 0.15) is 13.3 Å². The maximum absolute atomic E-state index is 12.3. The van der Waals surface area contributed by atoms with Gasteiger partial charge in [-0.2, -0.15) is 0 Å². The average Bonchev–Trinajstić information content (AvgIpc) is 2.51. The SMILES string of the molecule is CCC(Nc1ccc(OC)c(S(=O)(=O)N(C)C)c1)C(=O)OC. The molecular weight excluding hydrogens is 308 g/mol. The highest BCUT2D eigenvalue weighted by atomic mass is 32.2. The highest BCUT2D eigenvalue weighted by Gasteiger charge is 2.24. The summed E-state index contributed by atoms with van der Waals surface area (Å²) in [7, 11) is 1.94. The number of hydrogen-bond donors (Lipinski definition) is 1. The van der Waals surface area contributed by atoms with E-state index in [1.54, 1.807) is 12.1 Å². The van der Waals surface area contributed by atoms with Crippen LogP contribution in [0.5, 0.6) is 5.75 Å². The van der Waals surface area contributed by atoms with Gasteiger partial charge in [0.2, 0.25) is 10.0 Å². The number of anilines is 1. The van der Waals surface area contributed by atoms with E-state index in [4.69, 9.17) is 9.47 Å². The summed E-state index contributed by atoms with van der Waals surface area (Å²) in [4.78, 5) is 11.7. The number of nitrogens with one attached hydrogen (secondary N) is 1. The second-order valence-electron chi connectivity index (χ2n) is 4.78. The van der Waals surface area contributed by atoms with E-state index >= 15 is 0 Å². The smallest absolute Gasteiger partial charge is 0.328 e. The standard InChI is InChI=1S/C14H22N2O5S/c1-6-11(14(17)21-5)15-10-7-8-12(20-4)13(9-10)22(18,19)16(2)3/h7-9,11,15H,6H2,1-5H3. The first kappa shape index (κ1) is 18.2. The molecule has 1 rings (SSSR count). The van der Waals surface area contributed by atoms with Crippen molar-refractivity contribution in [2.45, 2.75) is 24.3 Å². The lowest BCUT2D eigenvalue weighted by Crippen LogP contribution is -2.30. The van der Waals surface area contributed by atoms with Crippen LogP contribution in [0.15, 0.2) is 23.1 Å². The van der Waals surface area contributed by atoms with Crippen molar-refractivity contribution in [3.63, 3.8) is 0 Å². The number of nitrogens with zero attached hydrogens (tertiary/aromatic N) is 1. The van der Waals surface area contributed by atoms with Gasteiger partial charge in [0.05, 0.1) is 14.2 Å². The number of benzene rings is 1. The molecule has 1 unspecified atom stereocenters. The molecule has 0 aromatic heterocycles. The first-order valence-corrected chi connectivity index (χ1v) is 8.16. The molecule has 0 saturated heterocycles. The van der Waals surface area contributed by atoms with Crippen LogP contribution in [-0.4, -0.2) is 53.0 Å². The van der Waals surface area contributed by atoms with Crippen LogP contribution in [0.2, 0.25) is 0 Å². The maximum Gasteiger partial charge on any atom is 0.328 e. The normalized spacial score (nSPS) is 12.8. The second-order valence-corrected chi connectivity index (χ2v) is 6.90. The lowest BCUT2D eigenvalue weighted by Gasteiger charge is -2.19. The van der Waals surface area contributed by atoms with Gasteiger partial charge < -0.3 is 14.8 Å². The first-order chi connectivity index (χ1) is 10.3. The molecular formula is C14H22N2O5S. The minimum atomic E-state index is -3.66. The quantitative estimate of drug-likeness (QED) is 0.759. The van der Waals surface area contributed by atoms with Gasteiger partial charge in [-0.15, -0.1) is 0 Å². The zero-order valence-corrected chi connectivity index (χ0v) is 14.2. The Bertz CT molecular complexity index is 628. The third-order valence-corrected chi connectivity index (χ3v) is 4.99. The molecule has 7 nitrogen and oxygen atoms in total. The van der Waals surface area contributed by atoms with Gasteiger partial charge in [0.1, 0.15) is 16.7 Å². The third-order valence-electron chi connectivity index (χ3n) is 3.16. The fourth-order valence-corrected chi connectivity index (χ4v) is 2.91. The lowest BCUT2D eigenvalue weighted by molar-refractivity contribution is -0.141. The van der Waals surface area contributed by atoms with Gasteiger partial charge in [-0.25, -0.2) is 17.5 Å². The van der Waals surface area contributed by atoms with Crippen LogP contribution in [-0.2, 0) is 19.6 Å². The summed E-state index contributed by atoms with van der Waals surface area (Å²) < 4.78 is 35.6. The van der Waals surface area contributed by atoms with Crippen molar-refractivity contribution in [2.24, 2.45) is 0 Å². The largest absolute Gasteiger partial charge is 0.495 e. The molecule has 0 saturated carbocycles. The molecule has 0 bridgehead atoms. The van der Waals surface area contributed by atoms with Crippen LogP contribution < -0.4 is 10.1 Å². The summed E-state index contributed by atoms with van der Waals surface area (Å²) in [5, 5.41) is 2.97. The van der Waals surface area contributed by atoms with E-state index in [-0.39, 0.29) is 10.6 Å². The molecule has 1 atom stereocenters. The maximum atomic E-state index is 12.3. The van der Waals surface area contributed by atoms with E-state index in [2.05, 4.69) is 5.32 Å². The Hall–Kier alpha value is -1.80. The van der Waals surface area contributed by atoms with Crippen LogP contribution in [0, 0.1) is 0 Å². The number of carbonyl (C=O) groups excluding carboxylic acids is 1. The fraction of sp³-hybridized carbons (Fsp3) is 0.500. The van der Waals surface area contributed by atoms with Gasteiger partial charge in [0.15, 0.2) is 0 Å². The van der Waals surface area contributed by atoms with Crippen molar-refractivity contribution >= 4 is 21.7 Å². The highest BCUT2D eigenvalue weighted by molar-refractivity contribution is 7.89. The summed E-state index contributed by atoms with van der Waals surface area (Å²) in [6.07, 6.45) is 0.508. The molecule has 8 heteroatoms. The topological polar surface area (TPSA) is 84.9 Å². The molecule has 0 aliphatic carbocycles. The van der Waals surface area contributed by atoms with Gasteiger partial charge in [-0.1, -0.05) is 6.92 Å². The zero-order chi connectivity index (χ0) is 16.9. The molecule has 1 aromatic rings. The molecule has 1 N–H and O–H groups in total. The molecule has 0 fully saturated rings. The first-order valence-electron chi connectivity index (χ1n) is 6.72.